The van der Waals surface area contributed by atoms with E-state index in [0.29, 0.717) is 13.0 Å². The molecule has 6 rings (SSSR count). The van der Waals surface area contributed by atoms with Crippen LogP contribution in [0.2, 0.25) is 0 Å². The first-order chi connectivity index (χ1) is 21.8. The number of carbonyl (C=O) groups excluding carboxylic acids is 3. The number of amides is 4. The summed E-state index contributed by atoms with van der Waals surface area (Å²) in [4.78, 5) is 45.0. The minimum Gasteiger partial charge on any atom is -0.333 e. The van der Waals surface area contributed by atoms with Crippen LogP contribution in [0, 0.1) is 0 Å². The van der Waals surface area contributed by atoms with E-state index in [1.54, 1.807) is 22.1 Å². The number of nitrogens with one attached hydrogen (secondary N) is 1. The van der Waals surface area contributed by atoms with Crippen molar-refractivity contribution < 1.29 is 14.4 Å². The van der Waals surface area contributed by atoms with Crippen LogP contribution in [0.5, 0.6) is 0 Å². The van der Waals surface area contributed by atoms with E-state index in [0.717, 1.165) is 27.5 Å². The van der Waals surface area contributed by atoms with Gasteiger partial charge in [0, 0.05) is 19.5 Å². The second kappa shape index (κ2) is 13.5. The number of hydrogen-bond acceptors (Lipinski definition) is 4. The van der Waals surface area contributed by atoms with Crippen molar-refractivity contribution >= 4 is 51.8 Å². The average molecular weight is 645 g/mol. The summed E-state index contributed by atoms with van der Waals surface area (Å²) in [5, 5.41) is 7.73. The fraction of sp³-hybridized carbons (Fsp3) is 0.286. The quantitative estimate of drug-likeness (QED) is 0.260. The van der Waals surface area contributed by atoms with Gasteiger partial charge in [0.15, 0.2) is 0 Å². The molecule has 1 aliphatic carbocycles. The van der Waals surface area contributed by atoms with E-state index in [-0.39, 0.29) is 54.8 Å². The number of benzene rings is 3. The van der Waals surface area contributed by atoms with E-state index >= 15 is 0 Å². The van der Waals surface area contributed by atoms with Gasteiger partial charge in [-0.2, -0.15) is 5.01 Å². The molecule has 2 fully saturated rings. The number of carbonyl (C=O) groups is 3. The summed E-state index contributed by atoms with van der Waals surface area (Å²) in [6.07, 6.45) is 6.93. The van der Waals surface area contributed by atoms with E-state index in [4.69, 9.17) is 23.2 Å². The van der Waals surface area contributed by atoms with E-state index < -0.39 is 12.2 Å². The zero-order chi connectivity index (χ0) is 31.5. The van der Waals surface area contributed by atoms with E-state index in [9.17, 15) is 14.4 Å². The first-order valence-electron chi connectivity index (χ1n) is 15.0. The molecule has 2 aliphatic heterocycles. The number of alkyl halides is 2. The normalized spacial score (nSPS) is 23.2. The molecule has 4 atom stereocenters. The molecule has 8 nitrogen and oxygen atoms in total. The second-order valence-corrected chi connectivity index (χ2v) is 12.5. The number of hydrazine groups is 1. The highest BCUT2D eigenvalue weighted by Gasteiger charge is 2.52. The molecular formula is C35H35Cl2N5O3. The molecule has 0 radical (unpaired) electrons. The smallest absolute Gasteiger partial charge is 0.332 e. The standard InChI is InChI=1S/C35H35Cl2N5O3/c1-2-17-40(35(45)38-20-25-15-16-29(36)30(37)18-25)41-23-33(43)42-31(19-24-9-4-3-5-10-24)34(44)39(22-32(41)42)21-27-13-8-12-26-11-6-7-14-28(26)27/h2-16,18,29-32H,1,17,19-23H2,(H,38,45)/t29?,30?,31-,32+/m0/s1. The number of hydrogen-bond donors (Lipinski definition) is 1. The Bertz CT molecular complexity index is 1660. The Morgan fingerprint density at radius 3 is 2.53 bits per heavy atom. The lowest BCUT2D eigenvalue weighted by atomic mass is 9.99. The predicted molar refractivity (Wildman–Crippen MR) is 177 cm³/mol. The molecule has 10 heteroatoms. The molecule has 2 saturated heterocycles. The molecule has 3 aromatic carbocycles. The molecule has 2 unspecified atom stereocenters. The molecule has 2 heterocycles. The van der Waals surface area contributed by atoms with Crippen LogP contribution in [-0.2, 0) is 22.6 Å². The first kappa shape index (κ1) is 30.9. The van der Waals surface area contributed by atoms with Gasteiger partial charge in [0.2, 0.25) is 11.8 Å². The number of allylic oxidation sites excluding steroid dienone is 2. The summed E-state index contributed by atoms with van der Waals surface area (Å²) in [5.74, 6) is -0.306. The van der Waals surface area contributed by atoms with Gasteiger partial charge in [0.1, 0.15) is 12.2 Å². The molecule has 0 bridgehead atoms. The Kier molecular flexibility index (Phi) is 9.26. The van der Waals surface area contributed by atoms with Crippen LogP contribution in [0.3, 0.4) is 0 Å². The van der Waals surface area contributed by atoms with Crippen LogP contribution in [0.4, 0.5) is 4.79 Å². The van der Waals surface area contributed by atoms with E-state index in [2.05, 4.69) is 30.1 Å². The Morgan fingerprint density at radius 1 is 1.00 bits per heavy atom. The Balaban J connectivity index is 1.29. The van der Waals surface area contributed by atoms with E-state index in [1.165, 1.54) is 5.01 Å². The predicted octanol–water partition coefficient (Wildman–Crippen LogP) is 5.09. The molecule has 232 valence electrons. The van der Waals surface area contributed by atoms with Gasteiger partial charge in [-0.05, 0) is 27.5 Å². The lowest BCUT2D eigenvalue weighted by Crippen LogP contribution is -2.66. The molecule has 0 aromatic heterocycles. The van der Waals surface area contributed by atoms with Crippen molar-refractivity contribution in [3.05, 3.63) is 120 Å². The fourth-order valence-electron chi connectivity index (χ4n) is 6.35. The van der Waals surface area contributed by atoms with Gasteiger partial charge in [0.05, 0.1) is 30.4 Å². The summed E-state index contributed by atoms with van der Waals surface area (Å²) in [7, 11) is 0. The summed E-state index contributed by atoms with van der Waals surface area (Å²) in [5.41, 5.74) is 2.82. The summed E-state index contributed by atoms with van der Waals surface area (Å²) in [6, 6.07) is 22.8. The van der Waals surface area contributed by atoms with Crippen molar-refractivity contribution in [2.75, 3.05) is 26.2 Å². The van der Waals surface area contributed by atoms with Crippen LogP contribution in [0.15, 0.2) is 109 Å². The number of urea groups is 1. The van der Waals surface area contributed by atoms with Crippen LogP contribution in [-0.4, -0.2) is 86.8 Å². The second-order valence-electron chi connectivity index (χ2n) is 11.5. The minimum absolute atomic E-state index is 0.0348. The highest BCUT2D eigenvalue weighted by Crippen LogP contribution is 2.31. The number of rotatable bonds is 9. The van der Waals surface area contributed by atoms with Crippen molar-refractivity contribution in [3.63, 3.8) is 0 Å². The zero-order valence-electron chi connectivity index (χ0n) is 24.8. The van der Waals surface area contributed by atoms with Gasteiger partial charge in [-0.3, -0.25) is 14.6 Å². The van der Waals surface area contributed by atoms with Crippen molar-refractivity contribution in [1.29, 1.82) is 0 Å². The lowest BCUT2D eigenvalue weighted by molar-refractivity contribution is -0.157. The number of nitrogens with zero attached hydrogens (tertiary/aromatic N) is 4. The molecule has 3 aromatic rings. The molecule has 4 amide bonds. The summed E-state index contributed by atoms with van der Waals surface area (Å²) in [6.45, 7) is 4.88. The maximum atomic E-state index is 14.2. The topological polar surface area (TPSA) is 76.2 Å². The Labute approximate surface area is 273 Å². The maximum Gasteiger partial charge on any atom is 0.332 e. The first-order valence-corrected chi connectivity index (χ1v) is 15.9. The third-order valence-electron chi connectivity index (χ3n) is 8.54. The monoisotopic (exact) mass is 643 g/mol. The van der Waals surface area contributed by atoms with Gasteiger partial charge in [-0.15, -0.1) is 29.8 Å². The molecule has 3 aliphatic rings. The van der Waals surface area contributed by atoms with Crippen molar-refractivity contribution in [2.24, 2.45) is 0 Å². The minimum atomic E-state index is -0.714. The van der Waals surface area contributed by atoms with Crippen molar-refractivity contribution in [2.45, 2.75) is 35.9 Å². The SMILES string of the molecule is C=CCN(C(=O)NCC1=CC(Cl)C(Cl)C=C1)N1CC(=O)N2[C@@H](Cc3ccccc3)C(=O)N(Cc3cccc4ccccc34)C[C@@H]21. The van der Waals surface area contributed by atoms with Gasteiger partial charge in [-0.1, -0.05) is 97.1 Å². The largest absolute Gasteiger partial charge is 0.333 e. The molecule has 0 saturated carbocycles. The van der Waals surface area contributed by atoms with Crippen LogP contribution in [0.1, 0.15) is 11.1 Å². The Morgan fingerprint density at radius 2 is 1.76 bits per heavy atom. The third kappa shape index (κ3) is 6.50. The lowest BCUT2D eigenvalue weighted by Gasteiger charge is -2.46. The number of halogens is 2. The van der Waals surface area contributed by atoms with Crippen molar-refractivity contribution in [3.8, 4) is 0 Å². The van der Waals surface area contributed by atoms with Crippen LogP contribution >= 0.6 is 23.2 Å². The van der Waals surface area contributed by atoms with Crippen molar-refractivity contribution in [1.82, 2.24) is 25.1 Å². The average Bonchev–Trinajstić information content (AvgIpc) is 3.37. The molecule has 1 N–H and O–H groups in total. The fourth-order valence-corrected chi connectivity index (χ4v) is 6.74. The maximum absolute atomic E-state index is 14.2. The highest BCUT2D eigenvalue weighted by molar-refractivity contribution is 6.31. The van der Waals surface area contributed by atoms with Gasteiger partial charge >= 0.3 is 6.03 Å². The van der Waals surface area contributed by atoms with Crippen LogP contribution in [0.25, 0.3) is 10.8 Å². The summed E-state index contributed by atoms with van der Waals surface area (Å²) >= 11 is 12.5. The van der Waals surface area contributed by atoms with Crippen LogP contribution < -0.4 is 5.32 Å². The Hall–Kier alpha value is -4.11. The van der Waals surface area contributed by atoms with Gasteiger partial charge in [-0.25, -0.2) is 4.79 Å². The number of fused-ring (bicyclic) bond motifs is 2. The molecular weight excluding hydrogens is 609 g/mol. The summed E-state index contributed by atoms with van der Waals surface area (Å²) < 4.78 is 0. The molecule has 45 heavy (non-hydrogen) atoms. The molecule has 0 spiro atoms. The van der Waals surface area contributed by atoms with Gasteiger partial charge < -0.3 is 15.1 Å². The third-order valence-corrected chi connectivity index (χ3v) is 9.48. The zero-order valence-corrected chi connectivity index (χ0v) is 26.3. The van der Waals surface area contributed by atoms with Gasteiger partial charge in [0.25, 0.3) is 0 Å². The number of piperazine rings is 1. The van der Waals surface area contributed by atoms with E-state index in [1.807, 2.05) is 71.6 Å². The highest BCUT2D eigenvalue weighted by atomic mass is 35.5.